The largest absolute Gasteiger partial charge is 2.00 e. The van der Waals surface area contributed by atoms with Crippen molar-refractivity contribution >= 4 is 81.8 Å². The second-order valence-electron chi connectivity index (χ2n) is 13.1. The van der Waals surface area contributed by atoms with Crippen molar-refractivity contribution in [2.24, 2.45) is 0 Å². The molecule has 0 saturated carbocycles. The molecule has 3 aromatic carbocycles. The van der Waals surface area contributed by atoms with Crippen LogP contribution in [0.1, 0.15) is 72.7 Å². The average Bonchev–Trinajstić information content (AvgIpc) is 3.68. The van der Waals surface area contributed by atoms with Crippen molar-refractivity contribution in [1.82, 2.24) is 19.9 Å². The van der Waals surface area contributed by atoms with Crippen molar-refractivity contribution in [2.75, 3.05) is 0 Å². The predicted octanol–water partition coefficient (Wildman–Crippen LogP) is 11.4. The van der Waals surface area contributed by atoms with Gasteiger partial charge in [-0.3, -0.25) is 0 Å². The summed E-state index contributed by atoms with van der Waals surface area (Å²) in [5.41, 5.74) is 19.1. The summed E-state index contributed by atoms with van der Waals surface area (Å²) in [5, 5.41) is 4.74. The second kappa shape index (κ2) is 11.8. The molecule has 2 aliphatic rings. The summed E-state index contributed by atoms with van der Waals surface area (Å²) in [7, 11) is 0. The van der Waals surface area contributed by atoms with Gasteiger partial charge < -0.3 is 9.97 Å². The number of nitrogens with zero attached hydrogens (tertiary/aromatic N) is 4. The summed E-state index contributed by atoms with van der Waals surface area (Å²) < 4.78 is 1.08. The minimum absolute atomic E-state index is 0. The van der Waals surface area contributed by atoms with E-state index >= 15 is 0 Å². The van der Waals surface area contributed by atoms with E-state index in [1.54, 1.807) is 0 Å². The molecule has 6 heteroatoms. The molecule has 0 unspecified atom stereocenters. The van der Waals surface area contributed by atoms with Crippen LogP contribution in [0.15, 0.2) is 71.2 Å². The van der Waals surface area contributed by atoms with Gasteiger partial charge in [-0.05, 0) is 129 Å². The fourth-order valence-electron chi connectivity index (χ4n) is 7.00. The Kier molecular flexibility index (Phi) is 7.96. The molecule has 8 rings (SSSR count). The average molecular weight is 741 g/mol. The van der Waals surface area contributed by atoms with Gasteiger partial charge in [-0.2, -0.15) is 0 Å². The van der Waals surface area contributed by atoms with E-state index in [4.69, 9.17) is 19.9 Å². The zero-order valence-electron chi connectivity index (χ0n) is 28.7. The topological polar surface area (TPSA) is 54.0 Å². The van der Waals surface area contributed by atoms with Crippen molar-refractivity contribution in [1.29, 1.82) is 0 Å². The predicted molar refractivity (Wildman–Crippen MR) is 202 cm³/mol. The quantitative estimate of drug-likeness (QED) is 0.124. The summed E-state index contributed by atoms with van der Waals surface area (Å²) in [6.45, 7) is 17.3. The summed E-state index contributed by atoms with van der Waals surface area (Å²) in [6.07, 6.45) is 0. The Labute approximate surface area is 302 Å². The van der Waals surface area contributed by atoms with Crippen molar-refractivity contribution in [2.45, 2.75) is 55.4 Å². The number of halogens is 1. The summed E-state index contributed by atoms with van der Waals surface area (Å²) in [6, 6.07) is 24.0. The molecule has 3 aromatic heterocycles. The van der Waals surface area contributed by atoms with E-state index < -0.39 is 0 Å². The number of hydrogen-bond acceptors (Lipinski definition) is 2. The van der Waals surface area contributed by atoms with Crippen molar-refractivity contribution in [3.63, 3.8) is 0 Å². The Morgan fingerprint density at radius 1 is 0.521 bits per heavy atom. The molecule has 2 aliphatic heterocycles. The fraction of sp³-hybridized carbons (Fsp3) is 0.190. The van der Waals surface area contributed by atoms with E-state index in [0.717, 1.165) is 82.7 Å². The standard InChI is InChI=1S/C42H35BrN4.Zn/c1-20-22(3)36-18-38-24(5)26(7)41(46-38)40(30-13-9-11-28-15-29-12-10-14-33(43)32(29)16-31(28)30)42-27(8)25(6)39(47-42)19-37-23(4)21(2)35(45-37)17-34(20)44-36;/h9-19H,1-8H3;/q-2;+2. The zero-order valence-corrected chi connectivity index (χ0v) is 33.3. The molecule has 0 aliphatic carbocycles. The first-order valence-corrected chi connectivity index (χ1v) is 16.9. The number of allylic oxidation sites excluding steroid dienone is 4. The monoisotopic (exact) mass is 738 g/mol. The van der Waals surface area contributed by atoms with Gasteiger partial charge in [-0.1, -0.05) is 86.7 Å². The summed E-state index contributed by atoms with van der Waals surface area (Å²) >= 11 is 3.82. The molecule has 0 radical (unpaired) electrons. The number of rotatable bonds is 1. The molecule has 0 N–H and O–H groups in total. The van der Waals surface area contributed by atoms with Crippen LogP contribution >= 0.6 is 15.9 Å². The number of benzene rings is 3. The van der Waals surface area contributed by atoms with Crippen LogP contribution in [0.4, 0.5) is 0 Å². The fourth-order valence-corrected chi connectivity index (χ4v) is 7.49. The van der Waals surface area contributed by atoms with E-state index in [1.807, 2.05) is 0 Å². The van der Waals surface area contributed by atoms with Crippen LogP contribution in [0.25, 0.3) is 77.0 Å². The van der Waals surface area contributed by atoms with Gasteiger partial charge in [0.05, 0.1) is 22.8 Å². The van der Waals surface area contributed by atoms with Crippen LogP contribution < -0.4 is 9.97 Å². The molecule has 0 spiro atoms. The van der Waals surface area contributed by atoms with Crippen molar-refractivity contribution in [3.8, 4) is 11.1 Å². The van der Waals surface area contributed by atoms with Crippen LogP contribution in [0, 0.1) is 27.7 Å². The van der Waals surface area contributed by atoms with E-state index in [1.165, 1.54) is 43.8 Å². The zero-order chi connectivity index (χ0) is 32.9. The van der Waals surface area contributed by atoms with Gasteiger partial charge >= 0.3 is 19.5 Å². The Morgan fingerprint density at radius 3 is 1.69 bits per heavy atom. The van der Waals surface area contributed by atoms with Gasteiger partial charge in [0.25, 0.3) is 0 Å². The molecular formula is C42H35BrN4Zn. The van der Waals surface area contributed by atoms with Crippen LogP contribution in [-0.2, 0) is 19.5 Å². The molecular weight excluding hydrogens is 706 g/mol. The molecule has 48 heavy (non-hydrogen) atoms. The maximum atomic E-state index is 5.42. The number of aryl methyl sites for hydroxylation is 4. The number of hydrogen-bond donors (Lipinski definition) is 0. The third kappa shape index (κ3) is 4.87. The third-order valence-corrected chi connectivity index (χ3v) is 11.3. The summed E-state index contributed by atoms with van der Waals surface area (Å²) in [4.78, 5) is 21.1. The molecule has 0 saturated heterocycles. The molecule has 0 amide bonds. The first-order valence-electron chi connectivity index (χ1n) is 16.1. The Hall–Kier alpha value is -4.12. The van der Waals surface area contributed by atoms with Gasteiger partial charge in [0.1, 0.15) is 0 Å². The van der Waals surface area contributed by atoms with Gasteiger partial charge in [-0.15, -0.1) is 22.1 Å². The molecule has 0 fully saturated rings. The van der Waals surface area contributed by atoms with Gasteiger partial charge in [0.2, 0.25) is 0 Å². The minimum atomic E-state index is 0. The normalized spacial score (nSPS) is 13.2. The van der Waals surface area contributed by atoms with Crippen LogP contribution in [-0.4, -0.2) is 9.97 Å². The molecule has 4 nitrogen and oxygen atoms in total. The Bertz CT molecular complexity index is 2620. The molecule has 5 heterocycles. The van der Waals surface area contributed by atoms with E-state index in [0.29, 0.717) is 0 Å². The minimum Gasteiger partial charge on any atom is -0.657 e. The molecule has 6 aromatic rings. The Balaban J connectivity index is 0.00000364. The van der Waals surface area contributed by atoms with Crippen LogP contribution in [0.5, 0.6) is 0 Å². The van der Waals surface area contributed by atoms with Crippen molar-refractivity contribution in [3.05, 3.63) is 116 Å². The smallest absolute Gasteiger partial charge is 0.657 e. The SMILES string of the molecule is CC1=C(C)c2cc3[n-]c(c(C)c3C)c(-c3cccc4cc5cccc(Br)c5cc34)c3nc(cc4[n-]c(cc1n2)c(C)c4C)C(C)=C3C.[Zn+2]. The first-order chi connectivity index (χ1) is 22.5. The van der Waals surface area contributed by atoms with Crippen LogP contribution in [0.2, 0.25) is 0 Å². The summed E-state index contributed by atoms with van der Waals surface area (Å²) in [5.74, 6) is 0. The number of fused-ring (bicyclic) bond motifs is 10. The Morgan fingerprint density at radius 2 is 1.04 bits per heavy atom. The van der Waals surface area contributed by atoms with E-state index in [-0.39, 0.29) is 19.5 Å². The number of aromatic nitrogens is 4. The van der Waals surface area contributed by atoms with Crippen LogP contribution in [0.3, 0.4) is 0 Å². The van der Waals surface area contributed by atoms with Gasteiger partial charge in [-0.25, -0.2) is 9.97 Å². The van der Waals surface area contributed by atoms with E-state index in [9.17, 15) is 0 Å². The maximum absolute atomic E-state index is 5.42. The third-order valence-electron chi connectivity index (χ3n) is 10.6. The molecule has 8 bridgehead atoms. The molecule has 0 atom stereocenters. The van der Waals surface area contributed by atoms with Gasteiger partial charge in [0.15, 0.2) is 0 Å². The van der Waals surface area contributed by atoms with Crippen molar-refractivity contribution < 1.29 is 19.5 Å². The van der Waals surface area contributed by atoms with E-state index in [2.05, 4.69) is 138 Å². The molecule has 232 valence electrons. The van der Waals surface area contributed by atoms with Gasteiger partial charge in [0, 0.05) is 4.47 Å². The second-order valence-corrected chi connectivity index (χ2v) is 14.0. The maximum Gasteiger partial charge on any atom is 2.00 e. The first kappa shape index (κ1) is 32.4.